The summed E-state index contributed by atoms with van der Waals surface area (Å²) in [7, 11) is 0. The number of nitrogens with one attached hydrogen (secondary N) is 1. The lowest BCUT2D eigenvalue weighted by molar-refractivity contribution is -0.121. The molecule has 1 amide bonds. The van der Waals surface area contributed by atoms with Crippen LogP contribution >= 0.6 is 23.7 Å². The molecule has 2 heterocycles. The highest BCUT2D eigenvalue weighted by Crippen LogP contribution is 2.33. The Morgan fingerprint density at radius 3 is 2.76 bits per heavy atom. The Morgan fingerprint density at radius 2 is 1.97 bits per heavy atom. The van der Waals surface area contributed by atoms with Gasteiger partial charge in [0.05, 0.1) is 11.7 Å². The number of amides is 1. The number of rotatable bonds is 6. The van der Waals surface area contributed by atoms with E-state index in [0.29, 0.717) is 13.1 Å². The number of halogens is 1. The molecule has 0 fully saturated rings. The second-order valence-electron chi connectivity index (χ2n) is 7.23. The van der Waals surface area contributed by atoms with Crippen molar-refractivity contribution < 1.29 is 4.79 Å². The zero-order valence-corrected chi connectivity index (χ0v) is 17.8. The Bertz CT molecular complexity index is 1060. The maximum atomic E-state index is 12.9. The number of anilines is 1. The lowest BCUT2D eigenvalue weighted by Crippen LogP contribution is -2.29. The fourth-order valence-electron chi connectivity index (χ4n) is 3.68. The lowest BCUT2D eigenvalue weighted by Gasteiger charge is -2.10. The van der Waals surface area contributed by atoms with Gasteiger partial charge in [0.25, 0.3) is 5.56 Å². The number of benzene rings is 1. The number of fused-ring (bicyclic) bond motifs is 3. The van der Waals surface area contributed by atoms with Crippen LogP contribution in [0.15, 0.2) is 35.4 Å². The van der Waals surface area contributed by atoms with Crippen LogP contribution in [-0.4, -0.2) is 22.0 Å². The van der Waals surface area contributed by atoms with E-state index in [0.717, 1.165) is 47.2 Å². The minimum absolute atomic E-state index is 0. The van der Waals surface area contributed by atoms with Crippen molar-refractivity contribution >= 4 is 45.6 Å². The fourth-order valence-corrected chi connectivity index (χ4v) is 4.90. The molecule has 29 heavy (non-hydrogen) atoms. The molecule has 1 aliphatic rings. The van der Waals surface area contributed by atoms with E-state index in [2.05, 4.69) is 10.3 Å². The zero-order chi connectivity index (χ0) is 19.5. The predicted octanol–water partition coefficient (Wildman–Crippen LogP) is 3.09. The summed E-state index contributed by atoms with van der Waals surface area (Å²) in [6.07, 6.45) is 6.91. The van der Waals surface area contributed by atoms with Gasteiger partial charge in [0, 0.05) is 30.1 Å². The van der Waals surface area contributed by atoms with Crippen LogP contribution in [0.4, 0.5) is 5.69 Å². The third-order valence-corrected chi connectivity index (χ3v) is 6.44. The fraction of sp³-hybridized carbons (Fsp3) is 0.381. The van der Waals surface area contributed by atoms with Gasteiger partial charge >= 0.3 is 0 Å². The smallest absolute Gasteiger partial charge is 0.262 e. The average molecular weight is 433 g/mol. The van der Waals surface area contributed by atoms with Crippen molar-refractivity contribution in [1.82, 2.24) is 14.9 Å². The topological polar surface area (TPSA) is 90.0 Å². The summed E-state index contributed by atoms with van der Waals surface area (Å²) in [5, 5.41) is 3.68. The highest BCUT2D eigenvalue weighted by atomic mass is 35.5. The van der Waals surface area contributed by atoms with Gasteiger partial charge in [0.2, 0.25) is 5.91 Å². The number of nitrogens with two attached hydrogens (primary N) is 1. The van der Waals surface area contributed by atoms with E-state index in [9.17, 15) is 9.59 Å². The van der Waals surface area contributed by atoms with Gasteiger partial charge in [-0.2, -0.15) is 0 Å². The molecule has 0 radical (unpaired) electrons. The van der Waals surface area contributed by atoms with Crippen LogP contribution in [0.3, 0.4) is 0 Å². The third-order valence-electron chi connectivity index (χ3n) is 5.24. The number of nitrogens with zero attached hydrogens (tertiary/aromatic N) is 2. The van der Waals surface area contributed by atoms with Crippen LogP contribution in [0.25, 0.3) is 10.2 Å². The Hall–Kier alpha value is -2.38. The first-order valence-corrected chi connectivity index (χ1v) is 10.5. The molecular formula is C21H25ClN4O2S. The second-order valence-corrected chi connectivity index (χ2v) is 8.31. The first-order chi connectivity index (χ1) is 13.6. The molecule has 0 atom stereocenters. The first-order valence-electron chi connectivity index (χ1n) is 9.72. The van der Waals surface area contributed by atoms with Gasteiger partial charge in [0.15, 0.2) is 0 Å². The maximum absolute atomic E-state index is 12.9. The summed E-state index contributed by atoms with van der Waals surface area (Å²) >= 11 is 1.65. The van der Waals surface area contributed by atoms with Crippen molar-refractivity contribution in [3.63, 3.8) is 0 Å². The average Bonchev–Trinajstić information content (AvgIpc) is 3.08. The van der Waals surface area contributed by atoms with Crippen molar-refractivity contribution in [2.45, 2.75) is 45.1 Å². The Balaban J connectivity index is 0.00000240. The maximum Gasteiger partial charge on any atom is 0.262 e. The van der Waals surface area contributed by atoms with Gasteiger partial charge in [-0.25, -0.2) is 4.98 Å². The summed E-state index contributed by atoms with van der Waals surface area (Å²) in [5.41, 5.74) is 8.70. The minimum Gasteiger partial charge on any atom is -0.399 e. The summed E-state index contributed by atoms with van der Waals surface area (Å²) in [6.45, 7) is 0.910. The number of carbonyl (C=O) groups is 1. The molecular weight excluding hydrogens is 408 g/mol. The summed E-state index contributed by atoms with van der Waals surface area (Å²) in [4.78, 5) is 31.7. The monoisotopic (exact) mass is 432 g/mol. The van der Waals surface area contributed by atoms with Crippen LogP contribution in [0.5, 0.6) is 0 Å². The Labute approximate surface area is 179 Å². The van der Waals surface area contributed by atoms with Gasteiger partial charge < -0.3 is 11.1 Å². The molecule has 0 saturated carbocycles. The van der Waals surface area contributed by atoms with E-state index in [1.54, 1.807) is 22.2 Å². The molecule has 0 saturated heterocycles. The van der Waals surface area contributed by atoms with E-state index in [1.807, 2.05) is 24.3 Å². The normalized spacial score (nSPS) is 13.0. The number of aromatic nitrogens is 2. The van der Waals surface area contributed by atoms with E-state index in [1.165, 1.54) is 16.9 Å². The molecule has 8 heteroatoms. The van der Waals surface area contributed by atoms with Gasteiger partial charge in [-0.05, 0) is 55.4 Å². The van der Waals surface area contributed by atoms with Gasteiger partial charge in [-0.15, -0.1) is 23.7 Å². The van der Waals surface area contributed by atoms with Crippen molar-refractivity contribution in [1.29, 1.82) is 0 Å². The summed E-state index contributed by atoms with van der Waals surface area (Å²) in [5.74, 6) is -0.0604. The van der Waals surface area contributed by atoms with E-state index >= 15 is 0 Å². The molecule has 6 nitrogen and oxygen atoms in total. The number of nitrogen functional groups attached to an aromatic ring is 1. The summed E-state index contributed by atoms with van der Waals surface area (Å²) < 4.78 is 1.57. The van der Waals surface area contributed by atoms with Crippen molar-refractivity contribution in [2.75, 3.05) is 12.3 Å². The molecule has 0 bridgehead atoms. The number of aryl methyl sites for hydroxylation is 3. The SMILES string of the molecule is Cl.Nc1ccc(CCNC(=O)CCn2cnc3sc4c(c3c2=O)CCCC4)cc1. The van der Waals surface area contributed by atoms with Gasteiger partial charge in [-0.3, -0.25) is 14.2 Å². The molecule has 0 unspecified atom stereocenters. The zero-order valence-electron chi connectivity index (χ0n) is 16.1. The molecule has 1 aromatic carbocycles. The standard InChI is InChI=1S/C21H24N4O2S.ClH/c22-15-7-5-14(6-8-15)9-11-23-18(26)10-12-25-13-24-20-19(21(25)27)16-3-1-2-4-17(16)28-20;/h5-8,13H,1-4,9-12,22H2,(H,23,26);1H. The molecule has 154 valence electrons. The molecule has 3 N–H and O–H groups in total. The Morgan fingerprint density at radius 1 is 1.21 bits per heavy atom. The van der Waals surface area contributed by atoms with Gasteiger partial charge in [-0.1, -0.05) is 12.1 Å². The first kappa shape index (κ1) is 21.3. The van der Waals surface area contributed by atoms with Crippen molar-refractivity contribution in [3.8, 4) is 0 Å². The molecule has 3 aromatic rings. The van der Waals surface area contributed by atoms with Crippen molar-refractivity contribution in [2.24, 2.45) is 0 Å². The molecule has 1 aliphatic carbocycles. The number of thiophene rings is 1. The second kappa shape index (κ2) is 9.41. The predicted molar refractivity (Wildman–Crippen MR) is 120 cm³/mol. The van der Waals surface area contributed by atoms with Crippen LogP contribution in [0.1, 0.15) is 35.3 Å². The molecule has 2 aromatic heterocycles. The quantitative estimate of drug-likeness (QED) is 0.585. The van der Waals surface area contributed by atoms with E-state index in [4.69, 9.17) is 5.73 Å². The largest absolute Gasteiger partial charge is 0.399 e. The Kier molecular flexibility index (Phi) is 6.92. The van der Waals surface area contributed by atoms with E-state index < -0.39 is 0 Å². The number of hydrogen-bond donors (Lipinski definition) is 2. The van der Waals surface area contributed by atoms with E-state index in [-0.39, 0.29) is 30.3 Å². The minimum atomic E-state index is -0.0604. The molecule has 0 aliphatic heterocycles. The third kappa shape index (κ3) is 4.79. The van der Waals surface area contributed by atoms with Gasteiger partial charge in [0.1, 0.15) is 4.83 Å². The van der Waals surface area contributed by atoms with Crippen LogP contribution in [0, 0.1) is 0 Å². The van der Waals surface area contributed by atoms with Crippen LogP contribution in [-0.2, 0) is 30.6 Å². The highest BCUT2D eigenvalue weighted by Gasteiger charge is 2.20. The number of hydrogen-bond acceptors (Lipinski definition) is 5. The molecule has 4 rings (SSSR count). The number of carbonyl (C=O) groups excluding carboxylic acids is 1. The van der Waals surface area contributed by atoms with Crippen LogP contribution < -0.4 is 16.6 Å². The highest BCUT2D eigenvalue weighted by molar-refractivity contribution is 7.18. The van der Waals surface area contributed by atoms with Crippen LogP contribution in [0.2, 0.25) is 0 Å². The lowest BCUT2D eigenvalue weighted by atomic mass is 9.97. The summed E-state index contributed by atoms with van der Waals surface area (Å²) in [6, 6.07) is 7.64. The molecule has 0 spiro atoms. The van der Waals surface area contributed by atoms with Crippen molar-refractivity contribution in [3.05, 3.63) is 57.0 Å².